The molecule has 2 aliphatic rings. The highest BCUT2D eigenvalue weighted by molar-refractivity contribution is 5.16. The maximum atomic E-state index is 10.3. The predicted octanol–water partition coefficient (Wildman–Crippen LogP) is 5.36. The number of rotatable bonds is 4. The molecule has 0 saturated heterocycles. The van der Waals surface area contributed by atoms with Crippen molar-refractivity contribution >= 4 is 0 Å². The van der Waals surface area contributed by atoms with Crippen molar-refractivity contribution in [3.63, 3.8) is 0 Å². The second-order valence-electron chi connectivity index (χ2n) is 8.39. The van der Waals surface area contributed by atoms with Crippen LogP contribution in [0.5, 0.6) is 0 Å². The highest BCUT2D eigenvalue weighted by atomic mass is 16.3. The summed E-state index contributed by atoms with van der Waals surface area (Å²) in [5.41, 5.74) is 1.06. The van der Waals surface area contributed by atoms with E-state index in [9.17, 15) is 5.11 Å². The summed E-state index contributed by atoms with van der Waals surface area (Å²) in [4.78, 5) is 0. The Hall–Kier alpha value is -0.560. The molecule has 2 rings (SSSR count). The summed E-state index contributed by atoms with van der Waals surface area (Å²) >= 11 is 0. The van der Waals surface area contributed by atoms with Gasteiger partial charge in [-0.05, 0) is 61.7 Å². The fraction of sp³-hybridized carbons (Fsp3) is 0.800. The lowest BCUT2D eigenvalue weighted by atomic mass is 9.48. The molecular weight excluding hydrogens is 256 g/mol. The monoisotopic (exact) mass is 290 g/mol. The minimum atomic E-state index is -0.741. The molecule has 1 nitrogen and oxygen atoms in total. The Morgan fingerprint density at radius 1 is 1.38 bits per heavy atom. The number of hydrogen-bond donors (Lipinski definition) is 1. The van der Waals surface area contributed by atoms with Crippen molar-refractivity contribution in [1.82, 2.24) is 0 Å². The lowest BCUT2D eigenvalue weighted by molar-refractivity contribution is -0.0440. The molecular formula is C20H34O. The van der Waals surface area contributed by atoms with Crippen LogP contribution in [0.3, 0.4) is 0 Å². The summed E-state index contributed by atoms with van der Waals surface area (Å²) in [5.74, 6) is 2.96. The summed E-state index contributed by atoms with van der Waals surface area (Å²) < 4.78 is 0. The molecule has 2 aliphatic carbocycles. The Labute approximate surface area is 131 Å². The zero-order chi connectivity index (χ0) is 15.8. The third kappa shape index (κ3) is 3.13. The smallest absolute Gasteiger partial charge is 0.0797 e. The normalized spacial score (nSPS) is 43.0. The van der Waals surface area contributed by atoms with Crippen molar-refractivity contribution in [3.05, 3.63) is 24.8 Å². The molecule has 0 aromatic carbocycles. The first-order valence-corrected chi connectivity index (χ1v) is 8.75. The van der Waals surface area contributed by atoms with Gasteiger partial charge >= 0.3 is 0 Å². The Kier molecular flexibility index (Phi) is 4.73. The molecule has 0 aromatic rings. The quantitative estimate of drug-likeness (QED) is 0.691. The molecule has 0 bridgehead atoms. The molecule has 6 atom stereocenters. The maximum absolute atomic E-state index is 10.3. The van der Waals surface area contributed by atoms with E-state index >= 15 is 0 Å². The minimum Gasteiger partial charge on any atom is -0.386 e. The number of fused-ring (bicyclic) bond motifs is 1. The van der Waals surface area contributed by atoms with Crippen molar-refractivity contribution in [1.29, 1.82) is 0 Å². The van der Waals surface area contributed by atoms with Crippen LogP contribution < -0.4 is 0 Å². The molecule has 120 valence electrons. The largest absolute Gasteiger partial charge is 0.386 e. The molecule has 0 aromatic heterocycles. The van der Waals surface area contributed by atoms with Crippen molar-refractivity contribution in [2.45, 2.75) is 71.8 Å². The van der Waals surface area contributed by atoms with Gasteiger partial charge in [0.25, 0.3) is 0 Å². The van der Waals surface area contributed by atoms with E-state index in [1.807, 2.05) is 6.92 Å². The van der Waals surface area contributed by atoms with Crippen molar-refractivity contribution < 1.29 is 5.11 Å². The molecule has 1 heteroatoms. The van der Waals surface area contributed by atoms with Gasteiger partial charge in [-0.2, -0.15) is 0 Å². The first-order valence-electron chi connectivity index (χ1n) is 8.75. The molecule has 21 heavy (non-hydrogen) atoms. The highest BCUT2D eigenvalue weighted by Gasteiger charge is 2.51. The third-order valence-electron chi connectivity index (χ3n) is 6.61. The van der Waals surface area contributed by atoms with Gasteiger partial charge in [0.15, 0.2) is 0 Å². The van der Waals surface area contributed by atoms with Crippen LogP contribution in [0.15, 0.2) is 24.8 Å². The van der Waals surface area contributed by atoms with E-state index in [1.165, 1.54) is 31.3 Å². The van der Waals surface area contributed by atoms with Crippen LogP contribution in [0, 0.1) is 29.1 Å². The van der Waals surface area contributed by atoms with E-state index in [0.717, 1.165) is 30.6 Å². The summed E-state index contributed by atoms with van der Waals surface area (Å²) in [6.45, 7) is 17.4. The number of hydrogen-bond acceptors (Lipinski definition) is 1. The summed E-state index contributed by atoms with van der Waals surface area (Å²) in [5, 5.41) is 10.3. The topological polar surface area (TPSA) is 20.2 Å². The van der Waals surface area contributed by atoms with E-state index in [0.29, 0.717) is 11.3 Å². The van der Waals surface area contributed by atoms with Crippen molar-refractivity contribution in [2.24, 2.45) is 29.1 Å². The Balaban J connectivity index is 2.22. The zero-order valence-corrected chi connectivity index (χ0v) is 14.5. The van der Waals surface area contributed by atoms with Crippen LogP contribution in [0.4, 0.5) is 0 Å². The number of aliphatic hydroxyl groups is 1. The van der Waals surface area contributed by atoms with Gasteiger partial charge in [-0.1, -0.05) is 51.8 Å². The van der Waals surface area contributed by atoms with Crippen LogP contribution in [-0.2, 0) is 0 Å². The van der Waals surface area contributed by atoms with E-state index in [-0.39, 0.29) is 0 Å². The van der Waals surface area contributed by atoms with Crippen LogP contribution in [0.1, 0.15) is 66.2 Å². The molecule has 0 amide bonds. The lowest BCUT2D eigenvalue weighted by Crippen LogP contribution is -2.49. The highest BCUT2D eigenvalue weighted by Crippen LogP contribution is 2.59. The molecule has 2 fully saturated rings. The van der Waals surface area contributed by atoms with Gasteiger partial charge in [0.2, 0.25) is 0 Å². The van der Waals surface area contributed by atoms with Crippen LogP contribution in [0.2, 0.25) is 0 Å². The first-order chi connectivity index (χ1) is 9.71. The van der Waals surface area contributed by atoms with Gasteiger partial charge in [-0.25, -0.2) is 0 Å². The van der Waals surface area contributed by atoms with E-state index in [2.05, 4.69) is 33.9 Å². The predicted molar refractivity (Wildman–Crippen MR) is 91.1 cm³/mol. The maximum Gasteiger partial charge on any atom is 0.0797 e. The summed E-state index contributed by atoms with van der Waals surface area (Å²) in [7, 11) is 0. The summed E-state index contributed by atoms with van der Waals surface area (Å²) in [6.07, 6.45) is 8.76. The third-order valence-corrected chi connectivity index (χ3v) is 6.61. The zero-order valence-electron chi connectivity index (χ0n) is 14.5. The average molecular weight is 290 g/mol. The van der Waals surface area contributed by atoms with Crippen LogP contribution in [0.25, 0.3) is 0 Å². The Bertz CT molecular complexity index is 408. The van der Waals surface area contributed by atoms with E-state index in [1.54, 1.807) is 6.08 Å². The fourth-order valence-electron chi connectivity index (χ4n) is 5.64. The molecule has 0 aliphatic heterocycles. The van der Waals surface area contributed by atoms with Gasteiger partial charge in [-0.15, -0.1) is 6.58 Å². The van der Waals surface area contributed by atoms with E-state index < -0.39 is 5.60 Å². The first kappa shape index (κ1) is 16.8. The van der Waals surface area contributed by atoms with Crippen LogP contribution >= 0.6 is 0 Å². The number of allylic oxidation sites excluding steroid dienone is 1. The standard InChI is InChI=1S/C20H34O/c1-7-19(5,21)12-10-17-15(3)13-16(4)18-14(2)9-8-11-20(17,18)6/h7,14,16-18,21H,1,3,8-13H2,2,4-6H3/t14-,16+,17?,18?,19?,20+/m0/s1. The summed E-state index contributed by atoms with van der Waals surface area (Å²) in [6, 6.07) is 0. The van der Waals surface area contributed by atoms with E-state index in [4.69, 9.17) is 0 Å². The van der Waals surface area contributed by atoms with Crippen LogP contribution in [-0.4, -0.2) is 10.7 Å². The second kappa shape index (κ2) is 5.91. The average Bonchev–Trinajstić information content (AvgIpc) is 2.37. The second-order valence-corrected chi connectivity index (χ2v) is 8.39. The molecule has 0 heterocycles. The molecule has 1 N–H and O–H groups in total. The van der Waals surface area contributed by atoms with Crippen molar-refractivity contribution in [2.75, 3.05) is 0 Å². The van der Waals surface area contributed by atoms with Gasteiger partial charge in [-0.3, -0.25) is 0 Å². The van der Waals surface area contributed by atoms with Gasteiger partial charge < -0.3 is 5.11 Å². The van der Waals surface area contributed by atoms with Gasteiger partial charge in [0.1, 0.15) is 0 Å². The lowest BCUT2D eigenvalue weighted by Gasteiger charge is -2.57. The molecule has 0 radical (unpaired) electrons. The molecule has 2 saturated carbocycles. The Morgan fingerprint density at radius 3 is 2.67 bits per heavy atom. The SMILES string of the molecule is C=CC(C)(O)CCC1C(=C)C[C@@H](C)C2[C@@H](C)CCC[C@]12C. The molecule has 3 unspecified atom stereocenters. The van der Waals surface area contributed by atoms with Gasteiger partial charge in [0.05, 0.1) is 5.60 Å². The molecule has 0 spiro atoms. The Morgan fingerprint density at radius 2 is 2.05 bits per heavy atom. The van der Waals surface area contributed by atoms with Crippen molar-refractivity contribution in [3.8, 4) is 0 Å². The fourth-order valence-corrected chi connectivity index (χ4v) is 5.64. The minimum absolute atomic E-state index is 0.379. The van der Waals surface area contributed by atoms with Gasteiger partial charge in [0, 0.05) is 0 Å².